The van der Waals surface area contributed by atoms with Crippen molar-refractivity contribution >= 4 is 27.6 Å². The Hall–Kier alpha value is -4.18. The lowest BCUT2D eigenvalue weighted by Gasteiger charge is -2.26. The molecule has 0 spiro atoms. The van der Waals surface area contributed by atoms with Gasteiger partial charge in [0, 0.05) is 60.4 Å². The first-order valence-electron chi connectivity index (χ1n) is 18.1. The molecule has 0 N–H and O–H groups in total. The molecule has 0 radical (unpaired) electrons. The first kappa shape index (κ1) is 33.3. The van der Waals surface area contributed by atoms with Crippen LogP contribution in [0, 0.1) is 0 Å². The van der Waals surface area contributed by atoms with Crippen LogP contribution in [0.15, 0.2) is 60.7 Å². The maximum atomic E-state index is 13.9. The maximum absolute atomic E-state index is 13.9. The zero-order valence-electron chi connectivity index (χ0n) is 28.9. The van der Waals surface area contributed by atoms with Gasteiger partial charge in [-0.1, -0.05) is 61.5 Å². The minimum absolute atomic E-state index is 0.266. The van der Waals surface area contributed by atoms with Crippen LogP contribution in [0.5, 0.6) is 5.75 Å². The molecule has 0 aliphatic carbocycles. The van der Waals surface area contributed by atoms with Crippen LogP contribution >= 0.6 is 0 Å². The molecule has 9 nitrogen and oxygen atoms in total. The third kappa shape index (κ3) is 6.98. The number of hydrogen-bond donors (Lipinski definition) is 0. The number of esters is 1. The van der Waals surface area contributed by atoms with Crippen LogP contribution in [-0.4, -0.2) is 77.9 Å². The molecule has 2 aromatic heterocycles. The SMILES string of the molecule is CCOC(=O)c1c(CCCOc2cccc3ccccc23)c2cccc3c2n1CCCCOCc1nn(CCN2CCOCC2)c(CC)c1-3. The van der Waals surface area contributed by atoms with E-state index in [1.165, 1.54) is 5.69 Å². The van der Waals surface area contributed by atoms with Gasteiger partial charge in [-0.05, 0) is 56.0 Å². The Balaban J connectivity index is 1.27. The first-order chi connectivity index (χ1) is 24.2. The molecule has 5 aromatic rings. The lowest BCUT2D eigenvalue weighted by atomic mass is 9.97. The van der Waals surface area contributed by atoms with Gasteiger partial charge in [-0.2, -0.15) is 5.10 Å². The fourth-order valence-corrected chi connectivity index (χ4v) is 7.56. The van der Waals surface area contributed by atoms with Gasteiger partial charge < -0.3 is 23.5 Å². The first-order valence-corrected chi connectivity index (χ1v) is 18.1. The van der Waals surface area contributed by atoms with Gasteiger partial charge in [-0.25, -0.2) is 4.79 Å². The van der Waals surface area contributed by atoms with Crippen molar-refractivity contribution in [2.24, 2.45) is 0 Å². The molecule has 0 amide bonds. The highest BCUT2D eigenvalue weighted by Crippen LogP contribution is 2.39. The number of carbonyl (C=O) groups excluding carboxylic acids is 1. The highest BCUT2D eigenvalue weighted by Gasteiger charge is 2.29. The molecule has 9 heteroatoms. The molecule has 0 atom stereocenters. The number of carbonyl (C=O) groups is 1. The fourth-order valence-electron chi connectivity index (χ4n) is 7.56. The van der Waals surface area contributed by atoms with Gasteiger partial charge in [-0.15, -0.1) is 0 Å². The second-order valence-electron chi connectivity index (χ2n) is 12.9. The summed E-state index contributed by atoms with van der Waals surface area (Å²) in [6.45, 7) is 12.0. The Morgan fingerprint density at radius 1 is 0.878 bits per heavy atom. The van der Waals surface area contributed by atoms with E-state index in [4.69, 9.17) is 24.0 Å². The van der Waals surface area contributed by atoms with Crippen LogP contribution in [0.2, 0.25) is 0 Å². The minimum Gasteiger partial charge on any atom is -0.493 e. The predicted octanol–water partition coefficient (Wildman–Crippen LogP) is 7.05. The lowest BCUT2D eigenvalue weighted by molar-refractivity contribution is 0.0358. The topological polar surface area (TPSA) is 80.0 Å². The Morgan fingerprint density at radius 3 is 2.55 bits per heavy atom. The second-order valence-corrected chi connectivity index (χ2v) is 12.9. The standard InChI is InChI=1S/C40H48N4O5/c1-3-35-37-33-16-10-15-31-32(17-11-25-49-36-18-9-13-29-12-5-6-14-30(29)36)39(40(45)48-4-2)43(38(31)33)19-7-8-24-47-28-34(37)41-44(35)21-20-42-22-26-46-27-23-42/h5-6,9-10,12-16,18H,3-4,7-8,11,17,19-28H2,1-2H3. The van der Waals surface area contributed by atoms with E-state index < -0.39 is 0 Å². The normalized spacial score (nSPS) is 15.6. The Labute approximate surface area is 288 Å². The van der Waals surface area contributed by atoms with Crippen LogP contribution in [0.1, 0.15) is 60.5 Å². The van der Waals surface area contributed by atoms with E-state index in [2.05, 4.69) is 57.5 Å². The number of fused-ring (bicyclic) bond motifs is 3. The van der Waals surface area contributed by atoms with Gasteiger partial charge in [0.05, 0.1) is 50.8 Å². The average molecular weight is 665 g/mol. The molecule has 0 bridgehead atoms. The third-order valence-electron chi connectivity index (χ3n) is 9.86. The van der Waals surface area contributed by atoms with Crippen LogP contribution in [0.25, 0.3) is 32.8 Å². The van der Waals surface area contributed by atoms with E-state index in [0.29, 0.717) is 45.1 Å². The third-order valence-corrected chi connectivity index (χ3v) is 9.86. The van der Waals surface area contributed by atoms with E-state index in [9.17, 15) is 4.79 Å². The molecular weight excluding hydrogens is 616 g/mol. The predicted molar refractivity (Wildman–Crippen MR) is 192 cm³/mol. The van der Waals surface area contributed by atoms with Gasteiger partial charge in [-0.3, -0.25) is 9.58 Å². The largest absolute Gasteiger partial charge is 0.493 e. The number of rotatable bonds is 11. The Morgan fingerprint density at radius 2 is 1.69 bits per heavy atom. The summed E-state index contributed by atoms with van der Waals surface area (Å²) in [6, 6.07) is 21.0. The Kier molecular flexibility index (Phi) is 10.6. The van der Waals surface area contributed by atoms with Gasteiger partial charge in [0.15, 0.2) is 0 Å². The van der Waals surface area contributed by atoms with E-state index in [1.807, 2.05) is 31.2 Å². The van der Waals surface area contributed by atoms with Crippen molar-refractivity contribution in [1.29, 1.82) is 0 Å². The highest BCUT2D eigenvalue weighted by molar-refractivity contribution is 6.05. The smallest absolute Gasteiger partial charge is 0.355 e. The molecule has 2 aliphatic heterocycles. The summed E-state index contributed by atoms with van der Waals surface area (Å²) in [5.74, 6) is 0.619. The van der Waals surface area contributed by atoms with Crippen molar-refractivity contribution in [3.63, 3.8) is 0 Å². The number of benzene rings is 3. The average Bonchev–Trinajstić information content (AvgIpc) is 3.64. The zero-order valence-corrected chi connectivity index (χ0v) is 28.9. The number of ether oxygens (including phenoxy) is 4. The summed E-state index contributed by atoms with van der Waals surface area (Å²) in [6.07, 6.45) is 4.09. The summed E-state index contributed by atoms with van der Waals surface area (Å²) < 4.78 is 28.3. The van der Waals surface area contributed by atoms with E-state index in [0.717, 1.165) is 115 Å². The van der Waals surface area contributed by atoms with Crippen LogP contribution in [0.4, 0.5) is 0 Å². The molecule has 1 saturated heterocycles. The van der Waals surface area contributed by atoms with Crippen LogP contribution < -0.4 is 4.74 Å². The molecule has 2 aliphatic rings. The highest BCUT2D eigenvalue weighted by atomic mass is 16.5. The molecular formula is C40H48N4O5. The molecule has 7 rings (SSSR count). The summed E-state index contributed by atoms with van der Waals surface area (Å²) in [5.41, 5.74) is 7.19. The van der Waals surface area contributed by atoms with Crippen molar-refractivity contribution in [3.8, 4) is 16.9 Å². The molecule has 258 valence electrons. The molecule has 3 aromatic carbocycles. The number of para-hydroxylation sites is 1. The monoisotopic (exact) mass is 664 g/mol. The summed E-state index contributed by atoms with van der Waals surface area (Å²) in [7, 11) is 0. The quantitative estimate of drug-likeness (QED) is 0.111. The molecule has 0 saturated carbocycles. The van der Waals surface area contributed by atoms with Crippen molar-refractivity contribution in [2.75, 3.05) is 52.7 Å². The number of nitrogens with zero attached hydrogens (tertiary/aromatic N) is 4. The molecule has 49 heavy (non-hydrogen) atoms. The van der Waals surface area contributed by atoms with Gasteiger partial charge >= 0.3 is 5.97 Å². The minimum atomic E-state index is -0.266. The maximum Gasteiger partial charge on any atom is 0.355 e. The Bertz CT molecular complexity index is 1900. The summed E-state index contributed by atoms with van der Waals surface area (Å²) in [5, 5.41) is 8.56. The van der Waals surface area contributed by atoms with Gasteiger partial charge in [0.2, 0.25) is 0 Å². The zero-order chi connectivity index (χ0) is 33.6. The fraction of sp³-hybridized carbons (Fsp3) is 0.450. The van der Waals surface area contributed by atoms with Crippen molar-refractivity contribution < 1.29 is 23.7 Å². The second kappa shape index (κ2) is 15.6. The van der Waals surface area contributed by atoms with E-state index in [-0.39, 0.29) is 5.97 Å². The molecule has 0 unspecified atom stereocenters. The molecule has 1 fully saturated rings. The lowest BCUT2D eigenvalue weighted by Crippen LogP contribution is -2.38. The van der Waals surface area contributed by atoms with Crippen LogP contribution in [0.3, 0.4) is 0 Å². The molecule has 4 heterocycles. The van der Waals surface area contributed by atoms with E-state index in [1.54, 1.807) is 0 Å². The van der Waals surface area contributed by atoms with Crippen molar-refractivity contribution in [2.45, 2.75) is 65.6 Å². The van der Waals surface area contributed by atoms with Gasteiger partial charge in [0.1, 0.15) is 11.4 Å². The van der Waals surface area contributed by atoms with E-state index >= 15 is 0 Å². The number of morpholine rings is 1. The number of aromatic nitrogens is 3. The summed E-state index contributed by atoms with van der Waals surface area (Å²) in [4.78, 5) is 16.3. The van der Waals surface area contributed by atoms with Crippen LogP contribution in [-0.2, 0) is 46.7 Å². The number of aryl methyl sites for hydroxylation is 2. The van der Waals surface area contributed by atoms with Gasteiger partial charge in [0.25, 0.3) is 0 Å². The van der Waals surface area contributed by atoms with Crippen molar-refractivity contribution in [1.82, 2.24) is 19.2 Å². The number of hydrogen-bond acceptors (Lipinski definition) is 7. The summed E-state index contributed by atoms with van der Waals surface area (Å²) >= 11 is 0. The van der Waals surface area contributed by atoms with Crippen molar-refractivity contribution in [3.05, 3.63) is 83.3 Å².